The van der Waals surface area contributed by atoms with Crippen LogP contribution in [0, 0.1) is 17.3 Å². The van der Waals surface area contributed by atoms with E-state index in [2.05, 4.69) is 10.3 Å². The number of nitrogens with one attached hydrogen (secondary N) is 1. The van der Waals surface area contributed by atoms with Crippen molar-refractivity contribution in [3.8, 4) is 11.5 Å². The van der Waals surface area contributed by atoms with Crippen LogP contribution in [0.1, 0.15) is 57.6 Å². The number of methoxy groups -OCH3 is 1. The van der Waals surface area contributed by atoms with Crippen molar-refractivity contribution >= 4 is 29.8 Å². The zero-order valence-electron chi connectivity index (χ0n) is 25.4. The van der Waals surface area contributed by atoms with E-state index >= 15 is 0 Å². The van der Waals surface area contributed by atoms with Gasteiger partial charge >= 0.3 is 23.9 Å². The second kappa shape index (κ2) is 14.1. The number of carbonyl (C=O) groups is 5. The molecule has 4 atom stereocenters. The maximum atomic E-state index is 13.4. The number of ether oxygens (including phenoxy) is 5. The monoisotopic (exact) mass is 598 g/mol. The first-order valence-electron chi connectivity index (χ1n) is 13.9. The van der Waals surface area contributed by atoms with Gasteiger partial charge in [-0.3, -0.25) is 19.2 Å². The highest BCUT2D eigenvalue weighted by Gasteiger charge is 2.42. The number of esters is 4. The number of cyclic esters (lactones) is 2. The van der Waals surface area contributed by atoms with Crippen molar-refractivity contribution in [3.63, 3.8) is 0 Å². The van der Waals surface area contributed by atoms with E-state index in [9.17, 15) is 24.0 Å². The Morgan fingerprint density at radius 2 is 1.74 bits per heavy atom. The number of pyridine rings is 1. The summed E-state index contributed by atoms with van der Waals surface area (Å²) in [5.41, 5.74) is -0.472. The molecule has 0 saturated carbocycles. The Labute approximate surface area is 250 Å². The number of hydrogen-bond donors (Lipinski definition) is 1. The lowest BCUT2D eigenvalue weighted by Crippen LogP contribution is -2.47. The molecule has 1 aromatic carbocycles. The van der Waals surface area contributed by atoms with Crippen molar-refractivity contribution in [1.29, 1.82) is 0 Å². The second-order valence-corrected chi connectivity index (χ2v) is 11.5. The van der Waals surface area contributed by atoms with Crippen LogP contribution < -0.4 is 14.8 Å². The molecule has 0 bridgehead atoms. The number of hydrogen-bond acceptors (Lipinski definition) is 11. The molecule has 12 nitrogen and oxygen atoms in total. The van der Waals surface area contributed by atoms with Crippen LogP contribution >= 0.6 is 0 Å². The predicted octanol–water partition coefficient (Wildman–Crippen LogP) is 3.06. The highest BCUT2D eigenvalue weighted by atomic mass is 16.6. The van der Waals surface area contributed by atoms with Crippen molar-refractivity contribution in [2.75, 3.05) is 13.7 Å². The van der Waals surface area contributed by atoms with Gasteiger partial charge in [-0.15, -0.1) is 0 Å². The van der Waals surface area contributed by atoms with E-state index < -0.39 is 71.9 Å². The zero-order chi connectivity index (χ0) is 31.9. The first-order valence-corrected chi connectivity index (χ1v) is 13.9. The summed E-state index contributed by atoms with van der Waals surface area (Å²) in [5, 5.41) is 2.46. The summed E-state index contributed by atoms with van der Waals surface area (Å²) in [4.78, 5) is 69.3. The minimum Gasteiger partial charge on any atom is -0.493 e. The van der Waals surface area contributed by atoms with Crippen LogP contribution in [0.2, 0.25) is 0 Å². The summed E-state index contributed by atoms with van der Waals surface area (Å²) in [6.45, 7) is 9.12. The Bertz CT molecular complexity index is 1340. The van der Waals surface area contributed by atoms with Gasteiger partial charge in [0.2, 0.25) is 5.75 Å². The van der Waals surface area contributed by atoms with Crippen molar-refractivity contribution in [2.45, 2.75) is 66.2 Å². The van der Waals surface area contributed by atoms with E-state index in [1.165, 1.54) is 26.3 Å². The molecule has 3 rings (SSSR count). The van der Waals surface area contributed by atoms with Crippen LogP contribution in [-0.2, 0) is 39.8 Å². The second-order valence-electron chi connectivity index (χ2n) is 11.5. The minimum atomic E-state index is -1.46. The number of amides is 1. The normalized spacial score (nSPS) is 20.9. The van der Waals surface area contributed by atoms with Crippen molar-refractivity contribution in [3.05, 3.63) is 53.9 Å². The number of benzene rings is 1. The third-order valence-electron chi connectivity index (χ3n) is 6.58. The lowest BCUT2D eigenvalue weighted by atomic mass is 9.91. The molecule has 0 spiro atoms. The predicted molar refractivity (Wildman–Crippen MR) is 152 cm³/mol. The molecule has 2 aromatic rings. The van der Waals surface area contributed by atoms with E-state index in [0.29, 0.717) is 0 Å². The summed E-state index contributed by atoms with van der Waals surface area (Å²) in [7, 11) is 1.33. The number of carbonyl (C=O) groups excluding carboxylic acids is 5. The molecule has 232 valence electrons. The minimum absolute atomic E-state index is 0.0633. The number of nitrogens with zero attached hydrogens (tertiary/aromatic N) is 1. The Morgan fingerprint density at radius 3 is 2.35 bits per heavy atom. The summed E-state index contributed by atoms with van der Waals surface area (Å²) in [5.74, 6) is -5.51. The maximum absolute atomic E-state index is 13.4. The molecule has 12 heteroatoms. The van der Waals surface area contributed by atoms with Crippen LogP contribution in [-0.4, -0.2) is 66.7 Å². The average molecular weight is 599 g/mol. The van der Waals surface area contributed by atoms with Gasteiger partial charge in [0, 0.05) is 12.3 Å². The number of rotatable bonds is 8. The largest absolute Gasteiger partial charge is 0.493 e. The molecule has 1 saturated heterocycles. The molecule has 2 heterocycles. The molecule has 1 fully saturated rings. The molecular weight excluding hydrogens is 560 g/mol. The fraction of sp³-hybridized carbons (Fsp3) is 0.484. The van der Waals surface area contributed by atoms with Gasteiger partial charge in [0.05, 0.1) is 18.4 Å². The Morgan fingerprint density at radius 1 is 1.07 bits per heavy atom. The van der Waals surface area contributed by atoms with Gasteiger partial charge in [0.25, 0.3) is 5.91 Å². The molecule has 1 N–H and O–H groups in total. The first-order chi connectivity index (χ1) is 20.2. The van der Waals surface area contributed by atoms with Gasteiger partial charge in [-0.05, 0) is 39.7 Å². The molecule has 0 aliphatic carbocycles. The lowest BCUT2D eigenvalue weighted by Gasteiger charge is -2.29. The van der Waals surface area contributed by atoms with Gasteiger partial charge < -0.3 is 29.0 Å². The molecule has 0 radical (unpaired) electrons. The average Bonchev–Trinajstić information content (AvgIpc) is 2.99. The molecular formula is C31H38N2O10. The van der Waals surface area contributed by atoms with Gasteiger partial charge in [-0.2, -0.15) is 0 Å². The highest BCUT2D eigenvalue weighted by Crippen LogP contribution is 2.32. The molecule has 1 aliphatic heterocycles. The Balaban J connectivity index is 1.91. The summed E-state index contributed by atoms with van der Waals surface area (Å²) in [6, 6.07) is 9.00. The van der Waals surface area contributed by atoms with Crippen LogP contribution in [0.25, 0.3) is 0 Å². The van der Waals surface area contributed by atoms with Crippen molar-refractivity contribution < 1.29 is 47.7 Å². The van der Waals surface area contributed by atoms with Crippen LogP contribution in [0.3, 0.4) is 0 Å². The molecule has 1 amide bonds. The Hall–Kier alpha value is -4.48. The van der Waals surface area contributed by atoms with Crippen LogP contribution in [0.15, 0.2) is 42.6 Å². The maximum Gasteiger partial charge on any atom is 0.332 e. The van der Waals surface area contributed by atoms with Crippen molar-refractivity contribution in [1.82, 2.24) is 10.3 Å². The van der Waals surface area contributed by atoms with E-state index in [-0.39, 0.29) is 23.6 Å². The fourth-order valence-corrected chi connectivity index (χ4v) is 4.07. The van der Waals surface area contributed by atoms with E-state index in [1.807, 2.05) is 18.2 Å². The Kier molecular flexibility index (Phi) is 10.8. The zero-order valence-corrected chi connectivity index (χ0v) is 25.4. The van der Waals surface area contributed by atoms with E-state index in [0.717, 1.165) is 5.56 Å². The third kappa shape index (κ3) is 8.52. The topological polar surface area (TPSA) is 156 Å². The molecule has 43 heavy (non-hydrogen) atoms. The van der Waals surface area contributed by atoms with Gasteiger partial charge in [-0.1, -0.05) is 44.2 Å². The van der Waals surface area contributed by atoms with Gasteiger partial charge in [0.1, 0.15) is 18.6 Å². The summed E-state index contributed by atoms with van der Waals surface area (Å²) in [6.07, 6.45) is -0.824. The first kappa shape index (κ1) is 33.0. The van der Waals surface area contributed by atoms with Crippen LogP contribution in [0.5, 0.6) is 11.5 Å². The standard InChI is InChI=1S/C31H38N2O10/c1-17(2)27(35)42-24-18(3)41-29(37)21(16-40-28(36)20(24)15-19-11-9-8-10-12-19)33-26(34)23-25(22(39-7)13-14-32-23)43-30(38)31(4,5)6/h8-14,17-18,20-21,24H,15-16H2,1-7H3,(H,33,34)/t18-,20+,21?,24?/m0/s1. The fourth-order valence-electron chi connectivity index (χ4n) is 4.07. The van der Waals surface area contributed by atoms with Gasteiger partial charge in [0.15, 0.2) is 23.6 Å². The van der Waals surface area contributed by atoms with Crippen LogP contribution in [0.4, 0.5) is 0 Å². The van der Waals surface area contributed by atoms with E-state index in [1.54, 1.807) is 46.8 Å². The van der Waals surface area contributed by atoms with Crippen molar-refractivity contribution in [2.24, 2.45) is 17.3 Å². The lowest BCUT2D eigenvalue weighted by molar-refractivity contribution is -0.176. The molecule has 2 unspecified atom stereocenters. The summed E-state index contributed by atoms with van der Waals surface area (Å²) >= 11 is 0. The smallest absolute Gasteiger partial charge is 0.332 e. The molecule has 1 aliphatic rings. The molecule has 1 aromatic heterocycles. The third-order valence-corrected chi connectivity index (χ3v) is 6.58. The van der Waals surface area contributed by atoms with E-state index in [4.69, 9.17) is 23.7 Å². The highest BCUT2D eigenvalue weighted by molar-refractivity contribution is 5.99. The quantitative estimate of drug-likeness (QED) is 0.352. The number of aromatic nitrogens is 1. The summed E-state index contributed by atoms with van der Waals surface area (Å²) < 4.78 is 27.5. The SMILES string of the molecule is COc1ccnc(C(=O)NC2COC(=O)[C@H](Cc3ccccc3)C(OC(=O)C(C)C)[C@H](C)OC2=O)c1OC(=O)C(C)(C)C. The van der Waals surface area contributed by atoms with Gasteiger partial charge in [-0.25, -0.2) is 9.78 Å².